The molecule has 2 aliphatic heterocycles. The maximum atomic E-state index is 12.1. The van der Waals surface area contributed by atoms with Gasteiger partial charge in [-0.3, -0.25) is 9.59 Å². The molecule has 0 aromatic rings. The zero-order valence-corrected chi connectivity index (χ0v) is 11.2. The Balaban J connectivity index is 2.00. The van der Waals surface area contributed by atoms with Crippen LogP contribution in [0.5, 0.6) is 0 Å². The fraction of sp³-hybridized carbons (Fsp3) is 0.846. The van der Waals surface area contributed by atoms with Crippen molar-refractivity contribution in [2.24, 2.45) is 5.41 Å². The minimum absolute atomic E-state index is 0.0344. The third kappa shape index (κ3) is 2.36. The van der Waals surface area contributed by atoms with E-state index in [1.807, 2.05) is 18.7 Å². The average Bonchev–Trinajstić information content (AvgIpc) is 2.71. The molecule has 102 valence electrons. The summed E-state index contributed by atoms with van der Waals surface area (Å²) in [5, 5.41) is 8.88. The fourth-order valence-corrected chi connectivity index (χ4v) is 3.14. The Morgan fingerprint density at radius 1 is 1.39 bits per heavy atom. The Labute approximate surface area is 108 Å². The van der Waals surface area contributed by atoms with Gasteiger partial charge < -0.3 is 14.9 Å². The summed E-state index contributed by atoms with van der Waals surface area (Å²) in [4.78, 5) is 27.2. The summed E-state index contributed by atoms with van der Waals surface area (Å²) >= 11 is 0. The van der Waals surface area contributed by atoms with Gasteiger partial charge in [0, 0.05) is 37.5 Å². The van der Waals surface area contributed by atoms with E-state index in [1.54, 1.807) is 4.90 Å². The molecule has 5 nitrogen and oxygen atoms in total. The number of rotatable bonds is 2. The van der Waals surface area contributed by atoms with Crippen molar-refractivity contribution in [1.82, 2.24) is 9.80 Å². The van der Waals surface area contributed by atoms with Gasteiger partial charge in [0.1, 0.15) is 6.61 Å². The number of carbonyl (C=O) groups is 2. The summed E-state index contributed by atoms with van der Waals surface area (Å²) in [5.41, 5.74) is -0.0344. The lowest BCUT2D eigenvalue weighted by molar-refractivity contribution is -0.141. The summed E-state index contributed by atoms with van der Waals surface area (Å²) in [6.45, 7) is 5.73. The predicted octanol–water partition coefficient (Wildman–Crippen LogP) is 0.228. The van der Waals surface area contributed by atoms with Crippen LogP contribution in [0.15, 0.2) is 0 Å². The van der Waals surface area contributed by atoms with Crippen molar-refractivity contribution in [1.29, 1.82) is 0 Å². The van der Waals surface area contributed by atoms with Crippen molar-refractivity contribution in [2.75, 3.05) is 26.2 Å². The first kappa shape index (κ1) is 13.3. The van der Waals surface area contributed by atoms with Crippen LogP contribution in [0.4, 0.5) is 0 Å². The van der Waals surface area contributed by atoms with Crippen LogP contribution >= 0.6 is 0 Å². The van der Waals surface area contributed by atoms with Gasteiger partial charge in [-0.25, -0.2) is 0 Å². The van der Waals surface area contributed by atoms with E-state index in [4.69, 9.17) is 5.11 Å². The van der Waals surface area contributed by atoms with Crippen LogP contribution in [0.3, 0.4) is 0 Å². The van der Waals surface area contributed by atoms with Gasteiger partial charge in [-0.15, -0.1) is 0 Å². The molecule has 2 rings (SSSR count). The predicted molar refractivity (Wildman–Crippen MR) is 66.8 cm³/mol. The smallest absolute Gasteiger partial charge is 0.248 e. The van der Waals surface area contributed by atoms with Crippen LogP contribution in [0.2, 0.25) is 0 Å². The Hall–Kier alpha value is -1.10. The van der Waals surface area contributed by atoms with Crippen molar-refractivity contribution in [2.45, 2.75) is 39.2 Å². The molecule has 2 aliphatic rings. The number of likely N-dealkylation sites (tertiary alicyclic amines) is 2. The molecular weight excluding hydrogens is 232 g/mol. The van der Waals surface area contributed by atoms with Crippen molar-refractivity contribution in [3.8, 4) is 0 Å². The molecule has 0 saturated carbocycles. The summed E-state index contributed by atoms with van der Waals surface area (Å²) in [6.07, 6.45) is 2.39. The topological polar surface area (TPSA) is 60.9 Å². The SMILES string of the molecule is CC(C)N1CCC2(CCN(C(=O)CO)C2)CC1=O. The van der Waals surface area contributed by atoms with Gasteiger partial charge in [-0.1, -0.05) is 0 Å². The second-order valence-electron chi connectivity index (χ2n) is 5.83. The highest BCUT2D eigenvalue weighted by Crippen LogP contribution is 2.41. The highest BCUT2D eigenvalue weighted by Gasteiger charge is 2.45. The summed E-state index contributed by atoms with van der Waals surface area (Å²) in [5.74, 6) is -0.0137. The quantitative estimate of drug-likeness (QED) is 0.767. The zero-order chi connectivity index (χ0) is 13.3. The summed E-state index contributed by atoms with van der Waals surface area (Å²) in [7, 11) is 0. The van der Waals surface area contributed by atoms with Crippen molar-refractivity contribution < 1.29 is 14.7 Å². The lowest BCUT2D eigenvalue weighted by atomic mass is 9.77. The molecule has 18 heavy (non-hydrogen) atoms. The molecule has 2 heterocycles. The average molecular weight is 254 g/mol. The first-order chi connectivity index (χ1) is 8.47. The molecule has 1 spiro atoms. The second-order valence-corrected chi connectivity index (χ2v) is 5.83. The van der Waals surface area contributed by atoms with E-state index in [9.17, 15) is 9.59 Å². The van der Waals surface area contributed by atoms with E-state index in [2.05, 4.69) is 0 Å². The van der Waals surface area contributed by atoms with E-state index in [0.29, 0.717) is 19.5 Å². The number of piperidine rings is 1. The van der Waals surface area contributed by atoms with E-state index >= 15 is 0 Å². The van der Waals surface area contributed by atoms with Crippen molar-refractivity contribution in [3.05, 3.63) is 0 Å². The van der Waals surface area contributed by atoms with E-state index in [1.165, 1.54) is 0 Å². The number of aliphatic hydroxyl groups is 1. The lowest BCUT2D eigenvalue weighted by Crippen LogP contribution is -2.48. The van der Waals surface area contributed by atoms with Crippen molar-refractivity contribution >= 4 is 11.8 Å². The first-order valence-corrected chi connectivity index (χ1v) is 6.65. The molecule has 0 aromatic carbocycles. The van der Waals surface area contributed by atoms with Gasteiger partial charge in [0.05, 0.1) is 0 Å². The number of hydrogen-bond acceptors (Lipinski definition) is 3. The molecule has 1 unspecified atom stereocenters. The highest BCUT2D eigenvalue weighted by atomic mass is 16.3. The van der Waals surface area contributed by atoms with E-state index in [0.717, 1.165) is 19.4 Å². The van der Waals surface area contributed by atoms with Crippen molar-refractivity contribution in [3.63, 3.8) is 0 Å². The zero-order valence-electron chi connectivity index (χ0n) is 11.2. The molecule has 0 aromatic heterocycles. The number of carbonyl (C=O) groups excluding carboxylic acids is 2. The number of nitrogens with zero attached hydrogens (tertiary/aromatic N) is 2. The van der Waals surface area contributed by atoms with Gasteiger partial charge in [0.25, 0.3) is 0 Å². The normalized spacial score (nSPS) is 28.6. The van der Waals surface area contributed by atoms with Gasteiger partial charge in [0.15, 0.2) is 0 Å². The number of amides is 2. The van der Waals surface area contributed by atoms with E-state index in [-0.39, 0.29) is 23.3 Å². The summed E-state index contributed by atoms with van der Waals surface area (Å²) < 4.78 is 0. The molecular formula is C13H22N2O3. The molecule has 1 atom stereocenters. The third-order valence-corrected chi connectivity index (χ3v) is 4.28. The largest absolute Gasteiger partial charge is 0.387 e. The molecule has 2 amide bonds. The maximum Gasteiger partial charge on any atom is 0.248 e. The molecule has 2 fully saturated rings. The van der Waals surface area contributed by atoms with Gasteiger partial charge in [0.2, 0.25) is 11.8 Å². The molecule has 1 N–H and O–H groups in total. The lowest BCUT2D eigenvalue weighted by Gasteiger charge is -2.40. The molecule has 0 bridgehead atoms. The second kappa shape index (κ2) is 4.88. The maximum absolute atomic E-state index is 12.1. The van der Waals surface area contributed by atoms with Crippen LogP contribution < -0.4 is 0 Å². The van der Waals surface area contributed by atoms with E-state index < -0.39 is 6.61 Å². The Morgan fingerprint density at radius 3 is 2.61 bits per heavy atom. The van der Waals surface area contributed by atoms with Crippen LogP contribution in [-0.4, -0.2) is 59.0 Å². The fourth-order valence-electron chi connectivity index (χ4n) is 3.14. The number of aliphatic hydroxyl groups excluding tert-OH is 1. The monoisotopic (exact) mass is 254 g/mol. The Kier molecular flexibility index (Phi) is 3.61. The summed E-state index contributed by atoms with van der Waals surface area (Å²) in [6, 6.07) is 0.256. The Bertz CT molecular complexity index is 356. The molecule has 5 heteroatoms. The standard InChI is InChI=1S/C13H22N2O3/c1-10(2)15-6-4-13(7-11(15)17)3-5-14(9-13)12(18)8-16/h10,16H,3-9H2,1-2H3. The van der Waals surface area contributed by atoms with Gasteiger partial charge in [-0.05, 0) is 26.7 Å². The van der Waals surface area contributed by atoms with Gasteiger partial charge in [-0.2, -0.15) is 0 Å². The highest BCUT2D eigenvalue weighted by molar-refractivity contribution is 5.80. The third-order valence-electron chi connectivity index (χ3n) is 4.28. The van der Waals surface area contributed by atoms with Gasteiger partial charge >= 0.3 is 0 Å². The van der Waals surface area contributed by atoms with Crippen LogP contribution in [0.1, 0.15) is 33.1 Å². The minimum atomic E-state index is -0.428. The van der Waals surface area contributed by atoms with Crippen LogP contribution in [0, 0.1) is 5.41 Å². The number of hydrogen-bond donors (Lipinski definition) is 1. The minimum Gasteiger partial charge on any atom is -0.387 e. The van der Waals surface area contributed by atoms with Crippen LogP contribution in [0.25, 0.3) is 0 Å². The first-order valence-electron chi connectivity index (χ1n) is 6.65. The molecule has 0 aliphatic carbocycles. The van der Waals surface area contributed by atoms with Crippen LogP contribution in [-0.2, 0) is 9.59 Å². The Morgan fingerprint density at radius 2 is 2.06 bits per heavy atom. The molecule has 0 radical (unpaired) electrons. The molecule has 2 saturated heterocycles.